The molecule has 0 atom stereocenters. The molecule has 1 aromatic carbocycles. The van der Waals surface area contributed by atoms with Gasteiger partial charge in [0.25, 0.3) is 5.91 Å². The molecule has 0 unspecified atom stereocenters. The highest BCUT2D eigenvalue weighted by atomic mass is 79.9. The maximum absolute atomic E-state index is 11.7. The van der Waals surface area contributed by atoms with Crippen LogP contribution in [0.1, 0.15) is 16.2 Å². The van der Waals surface area contributed by atoms with Gasteiger partial charge in [-0.3, -0.25) is 4.79 Å². The molecule has 0 aliphatic heterocycles. The van der Waals surface area contributed by atoms with Gasteiger partial charge in [-0.05, 0) is 41.1 Å². The zero-order chi connectivity index (χ0) is 12.4. The summed E-state index contributed by atoms with van der Waals surface area (Å²) in [4.78, 5) is 11.7. The smallest absolute Gasteiger partial charge is 0.294 e. The Morgan fingerprint density at radius 3 is 2.82 bits per heavy atom. The van der Waals surface area contributed by atoms with E-state index in [0.717, 1.165) is 0 Å². The summed E-state index contributed by atoms with van der Waals surface area (Å²) in [6, 6.07) is 6.67. The van der Waals surface area contributed by atoms with Gasteiger partial charge >= 0.3 is 0 Å². The third kappa shape index (κ3) is 2.87. The minimum absolute atomic E-state index is 0.175. The minimum atomic E-state index is -0.347. The Morgan fingerprint density at radius 2 is 2.24 bits per heavy atom. The number of nitrogens with one attached hydrogen (secondary N) is 1. The summed E-state index contributed by atoms with van der Waals surface area (Å²) >= 11 is 9.13. The fourth-order valence-corrected chi connectivity index (χ4v) is 1.73. The number of amides is 1. The largest absolute Gasteiger partial charge is 0.351 e. The summed E-state index contributed by atoms with van der Waals surface area (Å²) < 4.78 is 5.57. The number of rotatable bonds is 2. The fraction of sp³-hybridized carbons (Fsp3) is 0.0909. The van der Waals surface area contributed by atoms with E-state index in [1.165, 1.54) is 0 Å². The first-order valence-corrected chi connectivity index (χ1v) is 5.93. The molecule has 2 rings (SSSR count). The first-order valence-electron chi connectivity index (χ1n) is 4.76. The van der Waals surface area contributed by atoms with Gasteiger partial charge in [0.2, 0.25) is 5.76 Å². The lowest BCUT2D eigenvalue weighted by Crippen LogP contribution is -2.10. The SMILES string of the molecule is Cc1cc(C(=O)Nc2ccc(Cl)c(Br)c2)on1. The number of hydrogen-bond acceptors (Lipinski definition) is 3. The number of nitrogens with zero attached hydrogens (tertiary/aromatic N) is 1. The van der Waals surface area contributed by atoms with Crippen LogP contribution in [-0.2, 0) is 0 Å². The number of aryl methyl sites for hydroxylation is 1. The molecule has 0 saturated heterocycles. The molecule has 0 aliphatic rings. The summed E-state index contributed by atoms with van der Waals surface area (Å²) in [6.07, 6.45) is 0. The molecule has 1 amide bonds. The Balaban J connectivity index is 2.15. The van der Waals surface area contributed by atoms with Crippen LogP contribution in [0, 0.1) is 6.92 Å². The summed E-state index contributed by atoms with van der Waals surface area (Å²) in [6.45, 7) is 1.75. The van der Waals surface area contributed by atoms with Crippen molar-refractivity contribution in [2.24, 2.45) is 0 Å². The first kappa shape index (κ1) is 12.1. The molecule has 0 fully saturated rings. The molecule has 0 aliphatic carbocycles. The van der Waals surface area contributed by atoms with Crippen molar-refractivity contribution < 1.29 is 9.32 Å². The Kier molecular flexibility index (Phi) is 3.49. The number of aromatic nitrogens is 1. The molecule has 0 saturated carbocycles. The second-order valence-corrected chi connectivity index (χ2v) is 4.68. The lowest BCUT2D eigenvalue weighted by molar-refractivity contribution is 0.0988. The molecule has 1 heterocycles. The van der Waals surface area contributed by atoms with E-state index in [-0.39, 0.29) is 11.7 Å². The first-order chi connectivity index (χ1) is 8.06. The van der Waals surface area contributed by atoms with Crippen LogP contribution in [0.2, 0.25) is 5.02 Å². The molecule has 1 aromatic heterocycles. The van der Waals surface area contributed by atoms with Crippen LogP contribution in [0.5, 0.6) is 0 Å². The number of anilines is 1. The van der Waals surface area contributed by atoms with Gasteiger partial charge in [-0.1, -0.05) is 16.8 Å². The molecule has 1 N–H and O–H groups in total. The van der Waals surface area contributed by atoms with Crippen molar-refractivity contribution in [3.05, 3.63) is 45.2 Å². The van der Waals surface area contributed by atoms with Crippen LogP contribution in [0.25, 0.3) is 0 Å². The van der Waals surface area contributed by atoms with E-state index in [9.17, 15) is 4.79 Å². The zero-order valence-electron chi connectivity index (χ0n) is 8.83. The molecular weight excluding hydrogens is 307 g/mol. The van der Waals surface area contributed by atoms with Crippen LogP contribution in [-0.4, -0.2) is 11.1 Å². The third-order valence-electron chi connectivity index (χ3n) is 2.03. The zero-order valence-corrected chi connectivity index (χ0v) is 11.2. The van der Waals surface area contributed by atoms with Crippen LogP contribution in [0.15, 0.2) is 33.3 Å². The van der Waals surface area contributed by atoms with E-state index in [4.69, 9.17) is 16.1 Å². The number of carbonyl (C=O) groups is 1. The van der Waals surface area contributed by atoms with Crippen molar-refractivity contribution in [2.75, 3.05) is 5.32 Å². The average molecular weight is 316 g/mol. The topological polar surface area (TPSA) is 55.1 Å². The van der Waals surface area contributed by atoms with Gasteiger partial charge < -0.3 is 9.84 Å². The highest BCUT2D eigenvalue weighted by Crippen LogP contribution is 2.25. The fourth-order valence-electron chi connectivity index (χ4n) is 1.24. The van der Waals surface area contributed by atoms with E-state index in [1.807, 2.05) is 0 Å². The highest BCUT2D eigenvalue weighted by molar-refractivity contribution is 9.10. The van der Waals surface area contributed by atoms with Crippen molar-refractivity contribution in [1.29, 1.82) is 0 Å². The van der Waals surface area contributed by atoms with E-state index in [2.05, 4.69) is 26.4 Å². The Morgan fingerprint density at radius 1 is 1.47 bits per heavy atom. The van der Waals surface area contributed by atoms with Gasteiger partial charge in [0, 0.05) is 16.2 Å². The second-order valence-electron chi connectivity index (χ2n) is 3.42. The Hall–Kier alpha value is -1.33. The van der Waals surface area contributed by atoms with Crippen molar-refractivity contribution in [3.8, 4) is 0 Å². The molecule has 17 heavy (non-hydrogen) atoms. The normalized spacial score (nSPS) is 10.3. The second kappa shape index (κ2) is 4.89. The standard InChI is InChI=1S/C11H8BrClN2O2/c1-6-4-10(17-15-6)11(16)14-7-2-3-9(13)8(12)5-7/h2-5H,1H3,(H,14,16). The average Bonchev–Trinajstić information content (AvgIpc) is 2.70. The van der Waals surface area contributed by atoms with E-state index in [0.29, 0.717) is 20.9 Å². The third-order valence-corrected chi connectivity index (χ3v) is 3.24. The van der Waals surface area contributed by atoms with Gasteiger partial charge in [0.1, 0.15) is 0 Å². The molecule has 6 heteroatoms. The maximum Gasteiger partial charge on any atom is 0.294 e. The summed E-state index contributed by atoms with van der Waals surface area (Å²) in [5.74, 6) is -0.173. The van der Waals surface area contributed by atoms with Crippen LogP contribution < -0.4 is 5.32 Å². The Labute approximate surface area is 111 Å². The molecule has 0 bridgehead atoms. The quantitative estimate of drug-likeness (QED) is 0.920. The monoisotopic (exact) mass is 314 g/mol. The van der Waals surface area contributed by atoms with Crippen LogP contribution >= 0.6 is 27.5 Å². The van der Waals surface area contributed by atoms with Crippen molar-refractivity contribution in [1.82, 2.24) is 5.16 Å². The van der Waals surface area contributed by atoms with Crippen molar-refractivity contribution >= 4 is 39.1 Å². The van der Waals surface area contributed by atoms with E-state index in [1.54, 1.807) is 31.2 Å². The summed E-state index contributed by atoms with van der Waals surface area (Å²) in [7, 11) is 0. The summed E-state index contributed by atoms with van der Waals surface area (Å²) in [5, 5.41) is 6.90. The number of hydrogen-bond donors (Lipinski definition) is 1. The van der Waals surface area contributed by atoms with E-state index >= 15 is 0 Å². The number of benzene rings is 1. The van der Waals surface area contributed by atoms with Crippen LogP contribution in [0.4, 0.5) is 5.69 Å². The summed E-state index contributed by atoms with van der Waals surface area (Å²) in [5.41, 5.74) is 1.28. The molecule has 88 valence electrons. The van der Waals surface area contributed by atoms with Gasteiger partial charge in [-0.15, -0.1) is 0 Å². The molecule has 4 nitrogen and oxygen atoms in total. The molecule has 2 aromatic rings. The minimum Gasteiger partial charge on any atom is -0.351 e. The molecule has 0 spiro atoms. The highest BCUT2D eigenvalue weighted by Gasteiger charge is 2.12. The van der Waals surface area contributed by atoms with Gasteiger partial charge in [0.05, 0.1) is 10.7 Å². The van der Waals surface area contributed by atoms with Crippen LogP contribution in [0.3, 0.4) is 0 Å². The van der Waals surface area contributed by atoms with Gasteiger partial charge in [-0.25, -0.2) is 0 Å². The number of carbonyl (C=O) groups excluding carboxylic acids is 1. The Bertz CT molecular complexity index is 568. The maximum atomic E-state index is 11.7. The molecular formula is C11H8BrClN2O2. The lowest BCUT2D eigenvalue weighted by Gasteiger charge is -2.03. The predicted octanol–water partition coefficient (Wildman–Crippen LogP) is 3.65. The molecule has 0 radical (unpaired) electrons. The lowest BCUT2D eigenvalue weighted by atomic mass is 10.3. The van der Waals surface area contributed by atoms with Crippen molar-refractivity contribution in [2.45, 2.75) is 6.92 Å². The van der Waals surface area contributed by atoms with E-state index < -0.39 is 0 Å². The van der Waals surface area contributed by atoms with Gasteiger partial charge in [-0.2, -0.15) is 0 Å². The van der Waals surface area contributed by atoms with Gasteiger partial charge in [0.15, 0.2) is 0 Å². The predicted molar refractivity (Wildman–Crippen MR) is 68.3 cm³/mol. The van der Waals surface area contributed by atoms with Crippen molar-refractivity contribution in [3.63, 3.8) is 0 Å². The number of halogens is 2.